The zero-order valence-corrected chi connectivity index (χ0v) is 15.4. The lowest BCUT2D eigenvalue weighted by molar-refractivity contribution is 0.392. The Morgan fingerprint density at radius 2 is 2.29 bits per heavy atom. The van der Waals surface area contributed by atoms with Gasteiger partial charge in [-0.05, 0) is 13.3 Å². The van der Waals surface area contributed by atoms with Gasteiger partial charge in [0.05, 0.1) is 18.8 Å². The van der Waals surface area contributed by atoms with Gasteiger partial charge in [0.15, 0.2) is 11.1 Å². The Labute approximate surface area is 146 Å². The summed E-state index contributed by atoms with van der Waals surface area (Å²) in [5.74, 6) is 2.71. The number of hydrogen-bond acceptors (Lipinski definition) is 6. The van der Waals surface area contributed by atoms with Gasteiger partial charge in [0, 0.05) is 39.0 Å². The predicted molar refractivity (Wildman–Crippen MR) is 96.6 cm³/mol. The van der Waals surface area contributed by atoms with Crippen molar-refractivity contribution in [3.63, 3.8) is 0 Å². The number of nitrogens with one attached hydrogen (secondary N) is 2. The number of nitrogens with zero attached hydrogens (tertiary/aromatic N) is 6. The molecular formula is C15H24N8S. The molecule has 3 heterocycles. The predicted octanol–water partition coefficient (Wildman–Crippen LogP) is 0.789. The number of guanidine groups is 1. The van der Waals surface area contributed by atoms with E-state index in [2.05, 4.69) is 36.1 Å². The highest BCUT2D eigenvalue weighted by Crippen LogP contribution is 2.17. The Bertz CT molecular complexity index is 717. The molecule has 1 aliphatic rings. The number of fused-ring (bicyclic) bond motifs is 1. The summed E-state index contributed by atoms with van der Waals surface area (Å²) in [5.41, 5.74) is 1.02. The summed E-state index contributed by atoms with van der Waals surface area (Å²) < 4.78 is 1.99. The number of aliphatic imine (C=N–C) groups is 1. The van der Waals surface area contributed by atoms with Crippen molar-refractivity contribution >= 4 is 22.4 Å². The fraction of sp³-hybridized carbons (Fsp3) is 0.600. The number of hydrogen-bond donors (Lipinski definition) is 2. The van der Waals surface area contributed by atoms with Crippen molar-refractivity contribution in [2.75, 3.05) is 26.0 Å². The Morgan fingerprint density at radius 1 is 1.46 bits per heavy atom. The fourth-order valence-electron chi connectivity index (χ4n) is 2.70. The molecule has 2 aromatic heterocycles. The van der Waals surface area contributed by atoms with Gasteiger partial charge >= 0.3 is 0 Å². The van der Waals surface area contributed by atoms with Crippen LogP contribution in [0.15, 0.2) is 10.4 Å². The van der Waals surface area contributed by atoms with E-state index in [4.69, 9.17) is 0 Å². The van der Waals surface area contributed by atoms with Crippen molar-refractivity contribution in [1.82, 2.24) is 30.4 Å². The van der Waals surface area contributed by atoms with Gasteiger partial charge in [-0.1, -0.05) is 0 Å². The van der Waals surface area contributed by atoms with E-state index in [0.717, 1.165) is 47.8 Å². The molecule has 130 valence electrons. The topological polar surface area (TPSA) is 83.3 Å². The smallest absolute Gasteiger partial charge is 0.191 e. The summed E-state index contributed by atoms with van der Waals surface area (Å²) in [7, 11) is 5.79. The number of aromatic nitrogens is 4. The van der Waals surface area contributed by atoms with Crippen LogP contribution < -0.4 is 15.5 Å². The molecule has 9 heteroatoms. The molecule has 3 rings (SSSR count). The minimum atomic E-state index is 0.303. The third-order valence-corrected chi connectivity index (χ3v) is 4.94. The second kappa shape index (κ2) is 7.16. The van der Waals surface area contributed by atoms with Crippen molar-refractivity contribution in [2.45, 2.75) is 38.9 Å². The lowest BCUT2D eigenvalue weighted by Gasteiger charge is -2.25. The maximum Gasteiger partial charge on any atom is 0.191 e. The van der Waals surface area contributed by atoms with Gasteiger partial charge in [-0.25, -0.2) is 14.6 Å². The quantitative estimate of drug-likeness (QED) is 0.628. The maximum atomic E-state index is 4.57. The highest BCUT2D eigenvalue weighted by molar-refractivity contribution is 7.13. The first-order chi connectivity index (χ1) is 11.5. The molecule has 0 aromatic carbocycles. The van der Waals surface area contributed by atoms with Gasteiger partial charge in [0.25, 0.3) is 0 Å². The lowest BCUT2D eigenvalue weighted by Crippen LogP contribution is -2.46. The van der Waals surface area contributed by atoms with Crippen LogP contribution in [-0.2, 0) is 19.5 Å². The number of aryl methyl sites for hydroxylation is 2. The molecule has 0 radical (unpaired) electrons. The molecule has 0 fully saturated rings. The minimum Gasteiger partial charge on any atom is -0.354 e. The van der Waals surface area contributed by atoms with Crippen LogP contribution in [0.1, 0.15) is 23.8 Å². The Balaban J connectivity index is 1.53. The maximum absolute atomic E-state index is 4.57. The second-order valence-corrected chi connectivity index (χ2v) is 6.92. The van der Waals surface area contributed by atoms with Crippen LogP contribution >= 0.6 is 11.3 Å². The molecule has 8 nitrogen and oxygen atoms in total. The van der Waals surface area contributed by atoms with Gasteiger partial charge in [-0.15, -0.1) is 11.3 Å². The third-order valence-electron chi connectivity index (χ3n) is 3.89. The van der Waals surface area contributed by atoms with Crippen LogP contribution in [0, 0.1) is 6.92 Å². The molecule has 2 aromatic rings. The van der Waals surface area contributed by atoms with Crippen molar-refractivity contribution in [3.05, 3.63) is 22.7 Å². The zero-order chi connectivity index (χ0) is 17.1. The first-order valence-electron chi connectivity index (χ1n) is 8.04. The van der Waals surface area contributed by atoms with Gasteiger partial charge < -0.3 is 15.5 Å². The molecule has 0 saturated heterocycles. The van der Waals surface area contributed by atoms with E-state index >= 15 is 0 Å². The Morgan fingerprint density at radius 3 is 3.00 bits per heavy atom. The lowest BCUT2D eigenvalue weighted by atomic mass is 10.1. The Kier molecular flexibility index (Phi) is 4.98. The van der Waals surface area contributed by atoms with Gasteiger partial charge in [-0.3, -0.25) is 4.99 Å². The van der Waals surface area contributed by atoms with Crippen LogP contribution in [0.5, 0.6) is 0 Å². The van der Waals surface area contributed by atoms with E-state index in [-0.39, 0.29) is 0 Å². The van der Waals surface area contributed by atoms with Crippen LogP contribution in [0.4, 0.5) is 5.13 Å². The number of rotatable bonds is 4. The molecule has 0 amide bonds. The highest BCUT2D eigenvalue weighted by Gasteiger charge is 2.21. The second-order valence-electron chi connectivity index (χ2n) is 6.08. The van der Waals surface area contributed by atoms with Crippen LogP contribution in [0.2, 0.25) is 0 Å². The van der Waals surface area contributed by atoms with E-state index in [1.807, 2.05) is 30.6 Å². The van der Waals surface area contributed by atoms with Crippen molar-refractivity contribution in [3.8, 4) is 0 Å². The molecule has 1 unspecified atom stereocenters. The van der Waals surface area contributed by atoms with Gasteiger partial charge in [0.1, 0.15) is 11.6 Å². The summed E-state index contributed by atoms with van der Waals surface area (Å²) in [6.45, 7) is 3.41. The first-order valence-corrected chi connectivity index (χ1v) is 8.92. The summed E-state index contributed by atoms with van der Waals surface area (Å²) in [4.78, 5) is 15.3. The van der Waals surface area contributed by atoms with Crippen molar-refractivity contribution in [1.29, 1.82) is 0 Å². The molecule has 2 N–H and O–H groups in total. The van der Waals surface area contributed by atoms with Gasteiger partial charge in [0.2, 0.25) is 0 Å². The Hall–Kier alpha value is -2.16. The fourth-order valence-corrected chi connectivity index (χ4v) is 3.46. The van der Waals surface area contributed by atoms with Crippen LogP contribution in [-0.4, -0.2) is 52.9 Å². The zero-order valence-electron chi connectivity index (χ0n) is 14.6. The molecule has 0 aliphatic carbocycles. The summed E-state index contributed by atoms with van der Waals surface area (Å²) >= 11 is 1.64. The minimum absolute atomic E-state index is 0.303. The molecule has 0 bridgehead atoms. The number of thiazole rings is 1. The van der Waals surface area contributed by atoms with E-state index in [0.29, 0.717) is 12.6 Å². The van der Waals surface area contributed by atoms with E-state index in [1.165, 1.54) is 0 Å². The molecule has 1 atom stereocenters. The first kappa shape index (κ1) is 16.7. The van der Waals surface area contributed by atoms with Crippen molar-refractivity contribution in [2.24, 2.45) is 4.99 Å². The van der Waals surface area contributed by atoms with E-state index in [9.17, 15) is 0 Å². The summed E-state index contributed by atoms with van der Waals surface area (Å²) in [6.07, 6.45) is 1.97. The summed E-state index contributed by atoms with van der Waals surface area (Å²) in [5, 5.41) is 14.3. The average molecular weight is 348 g/mol. The molecule has 1 aliphatic heterocycles. The SMILES string of the molecule is CN=C(NCc1csc(N(C)C)n1)NC1CCc2nc(C)nn2C1. The molecule has 0 spiro atoms. The largest absolute Gasteiger partial charge is 0.354 e. The van der Waals surface area contributed by atoms with E-state index < -0.39 is 0 Å². The standard InChI is InChI=1S/C15H24N8S/c1-10-18-13-6-5-11(8-23(13)21-10)19-14(16-2)17-7-12-9-24-15(20-12)22(3)4/h9,11H,5-8H2,1-4H3,(H2,16,17,19). The van der Waals surface area contributed by atoms with Gasteiger partial charge in [-0.2, -0.15) is 5.10 Å². The highest BCUT2D eigenvalue weighted by atomic mass is 32.1. The van der Waals surface area contributed by atoms with Crippen LogP contribution in [0.3, 0.4) is 0 Å². The van der Waals surface area contributed by atoms with E-state index in [1.54, 1.807) is 18.4 Å². The van der Waals surface area contributed by atoms with Crippen LogP contribution in [0.25, 0.3) is 0 Å². The third kappa shape index (κ3) is 3.84. The molecule has 0 saturated carbocycles. The molecular weight excluding hydrogens is 324 g/mol. The molecule has 24 heavy (non-hydrogen) atoms. The summed E-state index contributed by atoms with van der Waals surface area (Å²) in [6, 6.07) is 0.303. The number of anilines is 1. The monoisotopic (exact) mass is 348 g/mol. The normalized spacial score (nSPS) is 17.5. The average Bonchev–Trinajstić information content (AvgIpc) is 3.16. The van der Waals surface area contributed by atoms with Crippen molar-refractivity contribution < 1.29 is 0 Å².